The second-order valence-electron chi connectivity index (χ2n) is 10.3. The number of aliphatic carboxylic acids is 1. The first-order valence-corrected chi connectivity index (χ1v) is 11.1. The van der Waals surface area contributed by atoms with Crippen LogP contribution in [0.5, 0.6) is 0 Å². The van der Waals surface area contributed by atoms with Crippen molar-refractivity contribution >= 4 is 11.9 Å². The molecule has 1 aliphatic carbocycles. The average molecular weight is 433 g/mol. The van der Waals surface area contributed by atoms with Crippen molar-refractivity contribution in [2.75, 3.05) is 0 Å². The topological polar surface area (TPSA) is 63.6 Å². The zero-order valence-electron chi connectivity index (χ0n) is 19.8. The van der Waals surface area contributed by atoms with Crippen LogP contribution in [0.3, 0.4) is 0 Å². The van der Waals surface area contributed by atoms with Gasteiger partial charge in [-0.05, 0) is 86.4 Å². The zero-order chi connectivity index (χ0) is 23.7. The molecule has 3 rings (SSSR count). The summed E-state index contributed by atoms with van der Waals surface area (Å²) >= 11 is 0. The van der Waals surface area contributed by atoms with Gasteiger partial charge < -0.3 is 9.84 Å². The van der Waals surface area contributed by atoms with Crippen molar-refractivity contribution in [3.63, 3.8) is 0 Å². The van der Waals surface area contributed by atoms with E-state index in [1.54, 1.807) is 0 Å². The predicted molar refractivity (Wildman–Crippen MR) is 126 cm³/mol. The molecule has 2 aromatic carbocycles. The molecule has 0 saturated heterocycles. The van der Waals surface area contributed by atoms with Gasteiger partial charge in [0.1, 0.15) is 5.60 Å². The summed E-state index contributed by atoms with van der Waals surface area (Å²) in [5.41, 5.74) is 5.08. The van der Waals surface area contributed by atoms with E-state index in [0.29, 0.717) is 6.42 Å². The van der Waals surface area contributed by atoms with Gasteiger partial charge in [0.25, 0.3) is 0 Å². The van der Waals surface area contributed by atoms with Crippen LogP contribution < -0.4 is 0 Å². The van der Waals surface area contributed by atoms with Gasteiger partial charge in [-0.1, -0.05) is 43.9 Å². The van der Waals surface area contributed by atoms with Gasteiger partial charge in [0.15, 0.2) is 0 Å². The Balaban J connectivity index is 1.83. The van der Waals surface area contributed by atoms with Gasteiger partial charge in [0, 0.05) is 11.1 Å². The number of hydrogen-bond donors (Lipinski definition) is 1. The van der Waals surface area contributed by atoms with Gasteiger partial charge in [-0.25, -0.2) is 0 Å². The first-order chi connectivity index (χ1) is 14.9. The Labute approximate surface area is 191 Å². The monoisotopic (exact) mass is 432 g/mol. The molecule has 0 aliphatic heterocycles. The molecule has 2 aromatic rings. The molecular formula is C28H32O4. The molecule has 1 N–H and O–H groups in total. The summed E-state index contributed by atoms with van der Waals surface area (Å²) in [5, 5.41) is 9.64. The van der Waals surface area contributed by atoms with Crippen molar-refractivity contribution in [2.24, 2.45) is 0 Å². The minimum Gasteiger partial charge on any atom is -0.481 e. The van der Waals surface area contributed by atoms with Crippen LogP contribution in [0.2, 0.25) is 0 Å². The third-order valence-electron chi connectivity index (χ3n) is 5.92. The molecule has 32 heavy (non-hydrogen) atoms. The zero-order valence-corrected chi connectivity index (χ0v) is 19.8. The molecule has 4 heteroatoms. The lowest BCUT2D eigenvalue weighted by Crippen LogP contribution is -2.29. The number of esters is 1. The molecule has 1 atom stereocenters. The number of carbonyl (C=O) groups is 2. The van der Waals surface area contributed by atoms with Crippen LogP contribution in [-0.2, 0) is 26.2 Å². The van der Waals surface area contributed by atoms with Gasteiger partial charge in [-0.2, -0.15) is 0 Å². The fraction of sp³-hybridized carbons (Fsp3) is 0.429. The quantitative estimate of drug-likeness (QED) is 0.512. The average Bonchev–Trinajstić information content (AvgIpc) is 2.66. The number of hydrogen-bond acceptors (Lipinski definition) is 3. The summed E-state index contributed by atoms with van der Waals surface area (Å²) < 4.78 is 5.37. The van der Waals surface area contributed by atoms with Crippen molar-refractivity contribution < 1.29 is 19.4 Å². The fourth-order valence-electron chi connectivity index (χ4n) is 4.18. The smallest absolute Gasteiger partial charge is 0.310 e. The number of benzene rings is 2. The normalized spacial score (nSPS) is 17.0. The number of rotatable bonds is 3. The molecule has 1 unspecified atom stereocenters. The third kappa shape index (κ3) is 5.59. The highest BCUT2D eigenvalue weighted by molar-refractivity contribution is 5.78. The first kappa shape index (κ1) is 23.6. The fourth-order valence-corrected chi connectivity index (χ4v) is 4.18. The van der Waals surface area contributed by atoms with Gasteiger partial charge >= 0.3 is 11.9 Å². The molecule has 0 saturated carbocycles. The van der Waals surface area contributed by atoms with Crippen LogP contribution >= 0.6 is 0 Å². The lowest BCUT2D eigenvalue weighted by atomic mass is 9.68. The van der Waals surface area contributed by atoms with E-state index in [1.807, 2.05) is 58.0 Å². The number of carboxylic acids is 1. The van der Waals surface area contributed by atoms with Gasteiger partial charge in [0.2, 0.25) is 0 Å². The van der Waals surface area contributed by atoms with Crippen molar-refractivity contribution in [1.29, 1.82) is 0 Å². The Kier molecular flexibility index (Phi) is 6.51. The molecule has 0 amide bonds. The number of carbonyl (C=O) groups excluding carboxylic acids is 1. The van der Waals surface area contributed by atoms with E-state index in [1.165, 1.54) is 0 Å². The van der Waals surface area contributed by atoms with E-state index in [9.17, 15) is 14.7 Å². The second-order valence-corrected chi connectivity index (χ2v) is 10.3. The lowest BCUT2D eigenvalue weighted by molar-refractivity contribution is -0.154. The SMILES string of the molecule is Cc1cc2c(cc1C#Cc1ccc(CC(=O)OC(C)(C)C)cc1)C(C)(C)CCC2C(=O)O. The lowest BCUT2D eigenvalue weighted by Gasteiger charge is -2.36. The summed E-state index contributed by atoms with van der Waals surface area (Å²) in [6.45, 7) is 11.9. The van der Waals surface area contributed by atoms with Gasteiger partial charge in [-0.3, -0.25) is 9.59 Å². The van der Waals surface area contributed by atoms with Crippen molar-refractivity contribution in [1.82, 2.24) is 0 Å². The summed E-state index contributed by atoms with van der Waals surface area (Å²) in [7, 11) is 0. The number of ether oxygens (including phenoxy) is 1. The van der Waals surface area contributed by atoms with E-state index in [0.717, 1.165) is 39.8 Å². The summed E-state index contributed by atoms with van der Waals surface area (Å²) in [6.07, 6.45) is 1.73. The highest BCUT2D eigenvalue weighted by Crippen LogP contribution is 2.43. The van der Waals surface area contributed by atoms with Crippen LogP contribution in [0.25, 0.3) is 0 Å². The highest BCUT2D eigenvalue weighted by atomic mass is 16.6. The predicted octanol–water partition coefficient (Wildman–Crippen LogP) is 5.52. The largest absolute Gasteiger partial charge is 0.481 e. The molecular weight excluding hydrogens is 400 g/mol. The van der Waals surface area contributed by atoms with E-state index < -0.39 is 17.5 Å². The Morgan fingerprint density at radius 2 is 1.78 bits per heavy atom. The second kappa shape index (κ2) is 8.82. The Morgan fingerprint density at radius 1 is 1.12 bits per heavy atom. The van der Waals surface area contributed by atoms with Crippen molar-refractivity contribution in [3.8, 4) is 11.8 Å². The van der Waals surface area contributed by atoms with Crippen LogP contribution in [0.15, 0.2) is 36.4 Å². The number of aryl methyl sites for hydroxylation is 1. The van der Waals surface area contributed by atoms with E-state index >= 15 is 0 Å². The minimum absolute atomic E-state index is 0.0747. The van der Waals surface area contributed by atoms with Crippen LogP contribution in [0, 0.1) is 18.8 Å². The van der Waals surface area contributed by atoms with Crippen LogP contribution in [-0.4, -0.2) is 22.6 Å². The molecule has 0 aromatic heterocycles. The molecule has 0 bridgehead atoms. The molecule has 0 heterocycles. The Hall–Kier alpha value is -3.06. The van der Waals surface area contributed by atoms with Crippen LogP contribution in [0.4, 0.5) is 0 Å². The van der Waals surface area contributed by atoms with E-state index in [-0.39, 0.29) is 17.8 Å². The van der Waals surface area contributed by atoms with Gasteiger partial charge in [-0.15, -0.1) is 0 Å². The molecule has 4 nitrogen and oxygen atoms in total. The summed E-state index contributed by atoms with van der Waals surface area (Å²) in [6, 6.07) is 11.7. The van der Waals surface area contributed by atoms with Crippen molar-refractivity contribution in [2.45, 2.75) is 77.7 Å². The summed E-state index contributed by atoms with van der Waals surface area (Å²) in [5.74, 6) is 5.02. The minimum atomic E-state index is -0.758. The Bertz CT molecular complexity index is 1090. The summed E-state index contributed by atoms with van der Waals surface area (Å²) in [4.78, 5) is 23.8. The Morgan fingerprint density at radius 3 is 2.38 bits per heavy atom. The third-order valence-corrected chi connectivity index (χ3v) is 5.92. The molecule has 0 fully saturated rings. The first-order valence-electron chi connectivity index (χ1n) is 11.1. The van der Waals surface area contributed by atoms with Gasteiger partial charge in [0.05, 0.1) is 12.3 Å². The maximum Gasteiger partial charge on any atom is 0.310 e. The van der Waals surface area contributed by atoms with E-state index in [2.05, 4.69) is 31.8 Å². The van der Waals surface area contributed by atoms with Crippen LogP contribution in [0.1, 0.15) is 86.8 Å². The maximum absolute atomic E-state index is 12.0. The highest BCUT2D eigenvalue weighted by Gasteiger charge is 2.36. The molecule has 168 valence electrons. The molecule has 1 aliphatic rings. The molecule has 0 spiro atoms. The maximum atomic E-state index is 12.0. The number of carboxylic acid groups (broad SMARTS) is 1. The number of fused-ring (bicyclic) bond motifs is 1. The molecule has 0 radical (unpaired) electrons. The van der Waals surface area contributed by atoms with E-state index in [4.69, 9.17) is 4.74 Å². The van der Waals surface area contributed by atoms with Crippen molar-refractivity contribution in [3.05, 3.63) is 69.8 Å². The standard InChI is InChI=1S/C28H32O4/c1-18-15-23-22(26(30)31)13-14-28(5,6)24(23)17-21(18)12-11-19-7-9-20(10-8-19)16-25(29)32-27(2,3)4/h7-10,15,17,22H,13-14,16H2,1-6H3,(H,30,31).